The van der Waals surface area contributed by atoms with Crippen LogP contribution in [0.15, 0.2) is 22.7 Å². The van der Waals surface area contributed by atoms with Gasteiger partial charge in [-0.05, 0) is 34.6 Å². The zero-order valence-electron chi connectivity index (χ0n) is 9.42. The van der Waals surface area contributed by atoms with E-state index in [1.807, 2.05) is 12.1 Å². The molecule has 1 fully saturated rings. The molecule has 4 heteroatoms. The van der Waals surface area contributed by atoms with Crippen molar-refractivity contribution in [2.24, 2.45) is 0 Å². The van der Waals surface area contributed by atoms with Gasteiger partial charge in [-0.3, -0.25) is 4.90 Å². The van der Waals surface area contributed by atoms with Crippen molar-refractivity contribution < 1.29 is 0 Å². The second kappa shape index (κ2) is 5.50. The maximum Gasteiger partial charge on any atom is 0.0551 e. The van der Waals surface area contributed by atoms with Gasteiger partial charge in [0.05, 0.1) is 5.02 Å². The summed E-state index contributed by atoms with van der Waals surface area (Å²) in [5, 5.41) is 0.798. The molecule has 0 unspecified atom stereocenters. The summed E-state index contributed by atoms with van der Waals surface area (Å²) in [6.45, 7) is 5.55. The number of rotatable bonds is 2. The summed E-state index contributed by atoms with van der Waals surface area (Å²) in [5.41, 5.74) is 1.28. The van der Waals surface area contributed by atoms with Crippen molar-refractivity contribution >= 4 is 27.5 Å². The second-order valence-electron chi connectivity index (χ2n) is 4.29. The molecule has 88 valence electrons. The average Bonchev–Trinajstić information content (AvgIpc) is 2.28. The highest BCUT2D eigenvalue weighted by Crippen LogP contribution is 2.27. The highest BCUT2D eigenvalue weighted by Gasteiger charge is 2.15. The molecule has 1 aromatic rings. The number of hydrogen-bond donors (Lipinski definition) is 0. The summed E-state index contributed by atoms with van der Waals surface area (Å²) in [5.74, 6) is 0. The van der Waals surface area contributed by atoms with Crippen LogP contribution in [0, 0.1) is 0 Å². The van der Waals surface area contributed by atoms with Crippen LogP contribution in [0.25, 0.3) is 0 Å². The Labute approximate surface area is 110 Å². The van der Waals surface area contributed by atoms with Crippen molar-refractivity contribution in [2.75, 3.05) is 33.2 Å². The number of likely N-dealkylation sites (N-methyl/N-ethyl adjacent to an activating group) is 1. The molecule has 2 rings (SSSR count). The molecule has 1 heterocycles. The molecule has 0 spiro atoms. The predicted molar refractivity (Wildman–Crippen MR) is 71.9 cm³/mol. The zero-order chi connectivity index (χ0) is 11.5. The topological polar surface area (TPSA) is 6.48 Å². The summed E-state index contributed by atoms with van der Waals surface area (Å²) in [6.07, 6.45) is 0. The van der Waals surface area contributed by atoms with E-state index in [1.54, 1.807) is 0 Å². The number of benzene rings is 1. The van der Waals surface area contributed by atoms with E-state index in [9.17, 15) is 0 Å². The van der Waals surface area contributed by atoms with Gasteiger partial charge in [-0.15, -0.1) is 0 Å². The normalized spacial score (nSPS) is 18.9. The summed E-state index contributed by atoms with van der Waals surface area (Å²) in [7, 11) is 2.17. The van der Waals surface area contributed by atoms with Crippen molar-refractivity contribution in [3.8, 4) is 0 Å². The molecule has 1 aromatic carbocycles. The van der Waals surface area contributed by atoms with Gasteiger partial charge in [-0.1, -0.05) is 23.7 Å². The van der Waals surface area contributed by atoms with E-state index < -0.39 is 0 Å². The highest BCUT2D eigenvalue weighted by molar-refractivity contribution is 9.10. The minimum atomic E-state index is 0.798. The summed E-state index contributed by atoms with van der Waals surface area (Å²) >= 11 is 9.63. The minimum Gasteiger partial charge on any atom is -0.304 e. The fourth-order valence-electron chi connectivity index (χ4n) is 1.92. The highest BCUT2D eigenvalue weighted by atomic mass is 79.9. The van der Waals surface area contributed by atoms with E-state index in [0.29, 0.717) is 0 Å². The molecular formula is C12H16BrClN2. The largest absolute Gasteiger partial charge is 0.304 e. The number of piperazine rings is 1. The number of nitrogens with zero attached hydrogens (tertiary/aromatic N) is 2. The number of hydrogen-bond acceptors (Lipinski definition) is 2. The van der Waals surface area contributed by atoms with Crippen LogP contribution in [-0.2, 0) is 6.54 Å². The minimum absolute atomic E-state index is 0.798. The first-order valence-electron chi connectivity index (χ1n) is 5.50. The van der Waals surface area contributed by atoms with Crippen LogP contribution in [0.3, 0.4) is 0 Å². The molecular weight excluding hydrogens is 288 g/mol. The van der Waals surface area contributed by atoms with Crippen molar-refractivity contribution in [1.82, 2.24) is 9.80 Å². The molecule has 0 N–H and O–H groups in total. The van der Waals surface area contributed by atoms with Crippen LogP contribution < -0.4 is 0 Å². The molecule has 16 heavy (non-hydrogen) atoms. The van der Waals surface area contributed by atoms with Crippen LogP contribution in [0.5, 0.6) is 0 Å². The van der Waals surface area contributed by atoms with Crippen LogP contribution in [0.2, 0.25) is 5.02 Å². The molecule has 2 nitrogen and oxygen atoms in total. The van der Waals surface area contributed by atoms with Gasteiger partial charge in [0.25, 0.3) is 0 Å². The lowest BCUT2D eigenvalue weighted by molar-refractivity contribution is 0.148. The van der Waals surface area contributed by atoms with E-state index in [0.717, 1.165) is 42.2 Å². The quantitative estimate of drug-likeness (QED) is 0.829. The van der Waals surface area contributed by atoms with Gasteiger partial charge in [-0.2, -0.15) is 0 Å². The maximum atomic E-state index is 6.08. The molecule has 0 aliphatic carbocycles. The summed E-state index contributed by atoms with van der Waals surface area (Å²) in [4.78, 5) is 4.83. The Kier molecular flexibility index (Phi) is 4.25. The molecule has 0 bridgehead atoms. The Bertz CT molecular complexity index is 362. The Morgan fingerprint density at radius 2 is 1.94 bits per heavy atom. The molecule has 0 aromatic heterocycles. The standard InChI is InChI=1S/C12H16BrClN2/c1-15-5-7-16(8-6-15)9-10-3-2-4-11(14)12(10)13/h2-4H,5-9H2,1H3. The van der Waals surface area contributed by atoms with Gasteiger partial charge >= 0.3 is 0 Å². The summed E-state index contributed by atoms with van der Waals surface area (Å²) in [6, 6.07) is 6.06. The third kappa shape index (κ3) is 2.98. The van der Waals surface area contributed by atoms with Gasteiger partial charge in [-0.25, -0.2) is 0 Å². The lowest BCUT2D eigenvalue weighted by atomic mass is 10.2. The van der Waals surface area contributed by atoms with E-state index in [1.165, 1.54) is 5.56 Å². The first kappa shape index (κ1) is 12.4. The van der Waals surface area contributed by atoms with Gasteiger partial charge in [0.2, 0.25) is 0 Å². The smallest absolute Gasteiger partial charge is 0.0551 e. The lowest BCUT2D eigenvalue weighted by Crippen LogP contribution is -2.43. The van der Waals surface area contributed by atoms with Crippen LogP contribution in [0.4, 0.5) is 0 Å². The maximum absolute atomic E-state index is 6.08. The van der Waals surface area contributed by atoms with E-state index >= 15 is 0 Å². The fraction of sp³-hybridized carbons (Fsp3) is 0.500. The van der Waals surface area contributed by atoms with Crippen LogP contribution in [-0.4, -0.2) is 43.0 Å². The van der Waals surface area contributed by atoms with Gasteiger partial charge in [0, 0.05) is 37.2 Å². The van der Waals surface area contributed by atoms with Crippen LogP contribution in [0.1, 0.15) is 5.56 Å². The Morgan fingerprint density at radius 3 is 2.62 bits per heavy atom. The SMILES string of the molecule is CN1CCN(Cc2cccc(Cl)c2Br)CC1. The Morgan fingerprint density at radius 1 is 1.25 bits per heavy atom. The molecule has 1 aliphatic rings. The second-order valence-corrected chi connectivity index (χ2v) is 5.49. The molecule has 1 saturated heterocycles. The van der Waals surface area contributed by atoms with E-state index in [4.69, 9.17) is 11.6 Å². The predicted octanol–water partition coefficient (Wildman–Crippen LogP) is 2.85. The lowest BCUT2D eigenvalue weighted by Gasteiger charge is -2.32. The van der Waals surface area contributed by atoms with Gasteiger partial charge in [0.1, 0.15) is 0 Å². The third-order valence-electron chi connectivity index (χ3n) is 3.02. The third-order valence-corrected chi connectivity index (χ3v) is 4.50. The first-order chi connectivity index (χ1) is 7.66. The monoisotopic (exact) mass is 302 g/mol. The Balaban J connectivity index is 2.01. The van der Waals surface area contributed by atoms with Gasteiger partial charge < -0.3 is 4.90 Å². The van der Waals surface area contributed by atoms with Crippen LogP contribution >= 0.6 is 27.5 Å². The van der Waals surface area contributed by atoms with Gasteiger partial charge in [0.15, 0.2) is 0 Å². The van der Waals surface area contributed by atoms with Crippen molar-refractivity contribution in [3.63, 3.8) is 0 Å². The molecule has 0 amide bonds. The number of halogens is 2. The van der Waals surface area contributed by atoms with Crippen molar-refractivity contribution in [3.05, 3.63) is 33.3 Å². The Hall–Kier alpha value is -0.0900. The van der Waals surface area contributed by atoms with Crippen molar-refractivity contribution in [1.29, 1.82) is 0 Å². The fourth-order valence-corrected chi connectivity index (χ4v) is 2.50. The van der Waals surface area contributed by atoms with E-state index in [2.05, 4.69) is 38.8 Å². The molecule has 0 atom stereocenters. The van der Waals surface area contributed by atoms with E-state index in [-0.39, 0.29) is 0 Å². The summed E-state index contributed by atoms with van der Waals surface area (Å²) < 4.78 is 1.04. The van der Waals surface area contributed by atoms with Crippen molar-refractivity contribution in [2.45, 2.75) is 6.54 Å². The molecule has 0 saturated carbocycles. The zero-order valence-corrected chi connectivity index (χ0v) is 11.8. The molecule has 1 aliphatic heterocycles. The first-order valence-corrected chi connectivity index (χ1v) is 6.67. The molecule has 0 radical (unpaired) electrons. The average molecular weight is 304 g/mol.